The first kappa shape index (κ1) is 19.6. The quantitative estimate of drug-likeness (QED) is 0.645. The molecule has 1 fully saturated rings. The number of nitrogens with one attached hydrogen (secondary N) is 1. The van der Waals surface area contributed by atoms with Gasteiger partial charge in [-0.05, 0) is 48.8 Å². The molecule has 1 unspecified atom stereocenters. The van der Waals surface area contributed by atoms with E-state index in [2.05, 4.69) is 28.3 Å². The van der Waals surface area contributed by atoms with Crippen LogP contribution in [0.2, 0.25) is 0 Å². The molecule has 3 aromatic heterocycles. The van der Waals surface area contributed by atoms with Crippen LogP contribution in [0.5, 0.6) is 0 Å². The van der Waals surface area contributed by atoms with Gasteiger partial charge in [-0.2, -0.15) is 0 Å². The molecule has 1 atom stereocenters. The van der Waals surface area contributed by atoms with Crippen molar-refractivity contribution in [2.75, 3.05) is 0 Å². The summed E-state index contributed by atoms with van der Waals surface area (Å²) in [7, 11) is 0. The Morgan fingerprint density at radius 3 is 2.88 bits per heavy atom. The van der Waals surface area contributed by atoms with E-state index in [1.807, 2.05) is 6.07 Å². The molecule has 2 N–H and O–H groups in total. The number of rotatable bonds is 4. The molecule has 1 amide bonds. The lowest BCUT2D eigenvalue weighted by Gasteiger charge is -2.20. The van der Waals surface area contributed by atoms with Gasteiger partial charge >= 0.3 is 0 Å². The first-order valence-corrected chi connectivity index (χ1v) is 11.4. The summed E-state index contributed by atoms with van der Waals surface area (Å²) in [5.74, 6) is 1.30. The van der Waals surface area contributed by atoms with E-state index in [-0.39, 0.29) is 11.3 Å². The van der Waals surface area contributed by atoms with Gasteiger partial charge in [0.1, 0.15) is 0 Å². The molecule has 164 valence electrons. The van der Waals surface area contributed by atoms with Gasteiger partial charge in [0.2, 0.25) is 0 Å². The zero-order valence-electron chi connectivity index (χ0n) is 18.1. The predicted octanol–water partition coefficient (Wildman–Crippen LogP) is 4.14. The third-order valence-corrected chi connectivity index (χ3v) is 7.25. The minimum Gasteiger partial charge on any atom is -0.441 e. The molecule has 7 nitrogen and oxygen atoms in total. The topological polar surface area (TPSA) is 101 Å². The van der Waals surface area contributed by atoms with Gasteiger partial charge in [0.15, 0.2) is 11.7 Å². The van der Waals surface area contributed by atoms with E-state index in [1.165, 1.54) is 25.7 Å². The minimum absolute atomic E-state index is 0.121. The summed E-state index contributed by atoms with van der Waals surface area (Å²) in [5.41, 5.74) is 5.52. The molecular weight excluding hydrogens is 404 g/mol. The lowest BCUT2D eigenvalue weighted by Crippen LogP contribution is -2.14. The Balaban J connectivity index is 1.44. The Bertz CT molecular complexity index is 1230. The molecule has 6 rings (SSSR count). The number of carbonyl (C=O) groups is 1. The average molecular weight is 431 g/mol. The normalized spacial score (nSPS) is 20.9. The number of fused-ring (bicyclic) bond motifs is 2. The van der Waals surface area contributed by atoms with Crippen molar-refractivity contribution in [2.24, 2.45) is 5.41 Å². The number of hydrogen-bond donors (Lipinski definition) is 2. The van der Waals surface area contributed by atoms with Gasteiger partial charge in [0.05, 0.1) is 41.5 Å². The zero-order valence-corrected chi connectivity index (χ0v) is 18.1. The molecule has 2 aliphatic carbocycles. The van der Waals surface area contributed by atoms with Crippen LogP contribution >= 0.6 is 0 Å². The van der Waals surface area contributed by atoms with E-state index in [4.69, 9.17) is 9.40 Å². The fourth-order valence-electron chi connectivity index (χ4n) is 5.40. The van der Waals surface area contributed by atoms with E-state index in [0.29, 0.717) is 35.7 Å². The van der Waals surface area contributed by atoms with Crippen LogP contribution in [0, 0.1) is 5.41 Å². The highest BCUT2D eigenvalue weighted by molar-refractivity contribution is 5.99. The van der Waals surface area contributed by atoms with E-state index in [9.17, 15) is 9.90 Å². The van der Waals surface area contributed by atoms with Gasteiger partial charge in [0.25, 0.3) is 5.91 Å². The predicted molar refractivity (Wildman–Crippen MR) is 118 cm³/mol. The molecule has 7 heteroatoms. The number of nitrogens with zero attached hydrogens (tertiary/aromatic N) is 3. The van der Waals surface area contributed by atoms with Crippen molar-refractivity contribution in [1.29, 1.82) is 0 Å². The highest BCUT2D eigenvalue weighted by atomic mass is 16.4. The summed E-state index contributed by atoms with van der Waals surface area (Å²) >= 11 is 0. The highest BCUT2D eigenvalue weighted by Crippen LogP contribution is 2.42. The van der Waals surface area contributed by atoms with Gasteiger partial charge in [0, 0.05) is 23.7 Å². The lowest BCUT2D eigenvalue weighted by molar-refractivity contribution is 0.0965. The Kier molecular flexibility index (Phi) is 4.43. The molecule has 4 heterocycles. The van der Waals surface area contributed by atoms with Crippen molar-refractivity contribution >= 4 is 5.91 Å². The molecule has 0 spiro atoms. The number of oxazole rings is 1. The summed E-state index contributed by atoms with van der Waals surface area (Å²) in [6.07, 6.45) is 10.2. The van der Waals surface area contributed by atoms with Gasteiger partial charge in [-0.25, -0.2) is 9.97 Å². The number of aliphatic hydroxyl groups excluding tert-OH is 1. The number of carbonyl (C=O) groups excluding carboxylic acids is 1. The largest absolute Gasteiger partial charge is 0.441 e. The second-order valence-corrected chi connectivity index (χ2v) is 9.70. The molecule has 3 aromatic rings. The number of pyridine rings is 2. The van der Waals surface area contributed by atoms with Crippen LogP contribution < -0.4 is 5.32 Å². The fraction of sp³-hybridized carbons (Fsp3) is 0.440. The van der Waals surface area contributed by atoms with Gasteiger partial charge in [-0.15, -0.1) is 0 Å². The molecule has 0 aromatic carbocycles. The van der Waals surface area contributed by atoms with E-state index >= 15 is 0 Å². The maximum absolute atomic E-state index is 12.2. The second kappa shape index (κ2) is 7.24. The maximum Gasteiger partial charge on any atom is 0.253 e. The molecule has 0 saturated heterocycles. The standard InChI is InChI=1S/C25H26N4O3/c1-25(6-2-3-7-25)10-21-27-13-20(32-21)17-8-14-4-5-19(30)23(14)29-22(17)15-9-16-18(26-11-15)12-28-24(16)31/h8-9,11,13,19,30H,2-7,10,12H2,1H3,(H,28,31). The Morgan fingerprint density at radius 1 is 1.19 bits per heavy atom. The monoisotopic (exact) mass is 430 g/mol. The maximum atomic E-state index is 12.2. The molecule has 0 radical (unpaired) electrons. The first-order chi connectivity index (χ1) is 15.5. The molecule has 1 aliphatic heterocycles. The van der Waals surface area contributed by atoms with Crippen molar-refractivity contribution in [3.63, 3.8) is 0 Å². The van der Waals surface area contributed by atoms with Crippen molar-refractivity contribution < 1.29 is 14.3 Å². The number of aromatic nitrogens is 3. The van der Waals surface area contributed by atoms with Crippen LogP contribution in [0.25, 0.3) is 22.6 Å². The van der Waals surface area contributed by atoms with Crippen LogP contribution in [0.4, 0.5) is 0 Å². The molecule has 32 heavy (non-hydrogen) atoms. The van der Waals surface area contributed by atoms with Crippen LogP contribution in [-0.4, -0.2) is 26.0 Å². The van der Waals surface area contributed by atoms with Gasteiger partial charge in [-0.3, -0.25) is 9.78 Å². The molecular formula is C25H26N4O3. The van der Waals surface area contributed by atoms with Crippen LogP contribution in [-0.2, 0) is 19.4 Å². The minimum atomic E-state index is -0.573. The summed E-state index contributed by atoms with van der Waals surface area (Å²) in [4.78, 5) is 26.1. The van der Waals surface area contributed by atoms with E-state index in [1.54, 1.807) is 12.4 Å². The summed E-state index contributed by atoms with van der Waals surface area (Å²) in [5, 5.41) is 13.2. The fourth-order valence-corrected chi connectivity index (χ4v) is 5.40. The van der Waals surface area contributed by atoms with Crippen LogP contribution in [0.15, 0.2) is 28.9 Å². The lowest BCUT2D eigenvalue weighted by atomic mass is 9.85. The van der Waals surface area contributed by atoms with Crippen molar-refractivity contribution in [3.8, 4) is 22.6 Å². The third kappa shape index (κ3) is 3.23. The number of aliphatic hydroxyl groups is 1. The van der Waals surface area contributed by atoms with Gasteiger partial charge in [-0.1, -0.05) is 19.8 Å². The van der Waals surface area contributed by atoms with Gasteiger partial charge < -0.3 is 14.8 Å². The highest BCUT2D eigenvalue weighted by Gasteiger charge is 2.32. The third-order valence-electron chi connectivity index (χ3n) is 7.25. The van der Waals surface area contributed by atoms with Crippen molar-refractivity contribution in [1.82, 2.24) is 20.3 Å². The zero-order chi connectivity index (χ0) is 21.9. The summed E-state index contributed by atoms with van der Waals surface area (Å²) in [6, 6.07) is 3.89. The van der Waals surface area contributed by atoms with Crippen LogP contribution in [0.3, 0.4) is 0 Å². The average Bonchev–Trinajstić information content (AvgIpc) is 3.57. The van der Waals surface area contributed by atoms with E-state index in [0.717, 1.165) is 41.1 Å². The van der Waals surface area contributed by atoms with E-state index < -0.39 is 6.10 Å². The van der Waals surface area contributed by atoms with Crippen molar-refractivity contribution in [3.05, 3.63) is 52.9 Å². The number of amides is 1. The SMILES string of the molecule is CC1(Cc2ncc(-c3cc4c(nc3-c3cnc5c(c3)C(=O)NC5)C(O)CC4)o2)CCCC1. The second-order valence-electron chi connectivity index (χ2n) is 9.70. The Morgan fingerprint density at radius 2 is 2.03 bits per heavy atom. The Hall–Kier alpha value is -3.06. The first-order valence-electron chi connectivity index (χ1n) is 11.4. The van der Waals surface area contributed by atoms with Crippen molar-refractivity contribution in [2.45, 2.75) is 64.5 Å². The number of hydrogen-bond acceptors (Lipinski definition) is 6. The summed E-state index contributed by atoms with van der Waals surface area (Å²) < 4.78 is 6.25. The molecule has 1 saturated carbocycles. The molecule has 3 aliphatic rings. The number of aryl methyl sites for hydroxylation is 1. The molecule has 0 bridgehead atoms. The summed E-state index contributed by atoms with van der Waals surface area (Å²) in [6.45, 7) is 2.76. The Labute approximate surface area is 186 Å². The van der Waals surface area contributed by atoms with Crippen LogP contribution in [0.1, 0.15) is 78.3 Å². The smallest absolute Gasteiger partial charge is 0.253 e.